The number of likely N-dealkylation sites (tertiary alicyclic amines) is 1. The molecular formula is C45H49N5O7S. The van der Waals surface area contributed by atoms with Crippen LogP contribution in [0.15, 0.2) is 97.1 Å². The van der Waals surface area contributed by atoms with Gasteiger partial charge in [0, 0.05) is 41.4 Å². The van der Waals surface area contributed by atoms with E-state index in [1.807, 2.05) is 49.4 Å². The number of rotatable bonds is 9. The average Bonchev–Trinajstić information content (AvgIpc) is 3.88. The van der Waals surface area contributed by atoms with E-state index in [0.717, 1.165) is 24.0 Å². The maximum absolute atomic E-state index is 14.7. The summed E-state index contributed by atoms with van der Waals surface area (Å²) in [5.74, 6) is -1.39. The summed E-state index contributed by atoms with van der Waals surface area (Å²) < 4.78 is 34.6. The molecule has 2 heterocycles. The van der Waals surface area contributed by atoms with Gasteiger partial charge < -0.3 is 25.6 Å². The van der Waals surface area contributed by atoms with Crippen LogP contribution in [0.4, 0.5) is 21.9 Å². The minimum Gasteiger partial charge on any atom is -0.495 e. The van der Waals surface area contributed by atoms with E-state index >= 15 is 0 Å². The maximum atomic E-state index is 14.7. The lowest BCUT2D eigenvalue weighted by atomic mass is 9.69. The van der Waals surface area contributed by atoms with E-state index in [1.54, 1.807) is 59.5 Å². The lowest BCUT2D eigenvalue weighted by molar-refractivity contribution is -0.133. The lowest BCUT2D eigenvalue weighted by Crippen LogP contribution is -2.47. The van der Waals surface area contributed by atoms with Gasteiger partial charge in [-0.15, -0.1) is 0 Å². The lowest BCUT2D eigenvalue weighted by Gasteiger charge is -2.37. The third-order valence-corrected chi connectivity index (χ3v) is 15.4. The van der Waals surface area contributed by atoms with E-state index in [-0.39, 0.29) is 48.5 Å². The molecule has 0 radical (unpaired) electrons. The van der Waals surface area contributed by atoms with Gasteiger partial charge >= 0.3 is 6.03 Å². The Balaban J connectivity index is 0.970. The van der Waals surface area contributed by atoms with Crippen molar-refractivity contribution in [2.45, 2.75) is 58.4 Å². The molecule has 302 valence electrons. The Hall–Kier alpha value is -5.69. The molecule has 4 aromatic carbocycles. The van der Waals surface area contributed by atoms with Gasteiger partial charge in [0.2, 0.25) is 21.8 Å². The van der Waals surface area contributed by atoms with E-state index in [0.29, 0.717) is 46.3 Å². The highest BCUT2D eigenvalue weighted by molar-refractivity contribution is 7.90. The number of methoxy groups -OCH3 is 1. The number of nitrogens with zero attached hydrogens (tertiary/aromatic N) is 2. The van der Waals surface area contributed by atoms with Crippen molar-refractivity contribution in [3.63, 3.8) is 0 Å². The molecule has 2 bridgehead atoms. The molecule has 8 rings (SSSR count). The van der Waals surface area contributed by atoms with E-state index < -0.39 is 39.2 Å². The number of benzene rings is 4. The van der Waals surface area contributed by atoms with Gasteiger partial charge in [0.1, 0.15) is 5.75 Å². The van der Waals surface area contributed by atoms with Crippen molar-refractivity contribution in [1.82, 2.24) is 9.21 Å². The van der Waals surface area contributed by atoms with Crippen molar-refractivity contribution in [1.29, 1.82) is 0 Å². The number of aryl methyl sites for hydroxylation is 1. The second kappa shape index (κ2) is 14.9. The monoisotopic (exact) mass is 803 g/mol. The van der Waals surface area contributed by atoms with Gasteiger partial charge in [0.25, 0.3) is 5.91 Å². The predicted octanol–water partition coefficient (Wildman–Crippen LogP) is 7.05. The maximum Gasteiger partial charge on any atom is 0.323 e. The van der Waals surface area contributed by atoms with Crippen molar-refractivity contribution in [2.75, 3.05) is 41.9 Å². The first-order valence-electron chi connectivity index (χ1n) is 19.8. The van der Waals surface area contributed by atoms with Crippen LogP contribution in [-0.4, -0.2) is 73.4 Å². The third-order valence-electron chi connectivity index (χ3n) is 13.5. The number of amides is 5. The molecule has 4 fully saturated rings. The number of ether oxygens (including phenoxy) is 1. The summed E-state index contributed by atoms with van der Waals surface area (Å²) in [6, 6.07) is 27.9. The molecule has 13 heteroatoms. The van der Waals surface area contributed by atoms with Crippen LogP contribution in [0.25, 0.3) is 0 Å². The zero-order valence-electron chi connectivity index (χ0n) is 33.2. The third kappa shape index (κ3) is 6.88. The molecule has 2 aliphatic heterocycles. The zero-order valence-corrected chi connectivity index (χ0v) is 34.0. The van der Waals surface area contributed by atoms with Crippen molar-refractivity contribution in [3.8, 4) is 5.75 Å². The van der Waals surface area contributed by atoms with Crippen molar-refractivity contribution in [3.05, 3.63) is 119 Å². The molecule has 5 amide bonds. The van der Waals surface area contributed by atoms with Crippen LogP contribution in [0, 0.1) is 29.6 Å². The van der Waals surface area contributed by atoms with E-state index in [1.165, 1.54) is 11.4 Å². The van der Waals surface area contributed by atoms with Gasteiger partial charge in [-0.1, -0.05) is 68.4 Å². The van der Waals surface area contributed by atoms with Crippen molar-refractivity contribution >= 4 is 50.8 Å². The Kier molecular flexibility index (Phi) is 10.1. The number of carbonyl (C=O) groups is 4. The molecule has 4 aromatic rings. The number of para-hydroxylation sites is 1. The van der Waals surface area contributed by atoms with Crippen LogP contribution in [0.3, 0.4) is 0 Å². The number of nitrogens with one attached hydrogen (secondary N) is 3. The normalized spacial score (nSPS) is 24.9. The highest BCUT2D eigenvalue weighted by Gasteiger charge is 2.72. The SMILES string of the molecule is COc1cc(CC(=O)Nc2ccc(C3CN(C(=O)c4ccccc4)CC3C(=O)N3C4CC5CCC4(CS3(=O)=O)C5(C)C)cc2)ccc1NC(=O)Nc1ccccc1C. The molecule has 5 unspecified atom stereocenters. The number of urea groups is 1. The van der Waals surface area contributed by atoms with E-state index in [4.69, 9.17) is 4.74 Å². The fraction of sp³-hybridized carbons (Fsp3) is 0.378. The Morgan fingerprint density at radius 2 is 1.55 bits per heavy atom. The van der Waals surface area contributed by atoms with Gasteiger partial charge in [-0.25, -0.2) is 17.5 Å². The van der Waals surface area contributed by atoms with Crippen LogP contribution in [0.2, 0.25) is 0 Å². The van der Waals surface area contributed by atoms with Crippen molar-refractivity contribution < 1.29 is 32.3 Å². The molecule has 2 saturated heterocycles. The van der Waals surface area contributed by atoms with Crippen LogP contribution in [0.1, 0.15) is 66.1 Å². The molecule has 12 nitrogen and oxygen atoms in total. The summed E-state index contributed by atoms with van der Waals surface area (Å²) in [6.45, 7) is 6.57. The summed E-state index contributed by atoms with van der Waals surface area (Å²) in [5, 5.41) is 8.56. The largest absolute Gasteiger partial charge is 0.495 e. The Bertz CT molecular complexity index is 2390. The fourth-order valence-electron chi connectivity index (χ4n) is 10.2. The molecule has 2 aliphatic carbocycles. The molecule has 2 saturated carbocycles. The first-order valence-corrected chi connectivity index (χ1v) is 21.4. The molecule has 58 heavy (non-hydrogen) atoms. The highest BCUT2D eigenvalue weighted by atomic mass is 32.2. The van der Waals surface area contributed by atoms with Gasteiger partial charge in [0.15, 0.2) is 0 Å². The number of carbonyl (C=O) groups excluding carboxylic acids is 4. The second-order valence-electron chi connectivity index (χ2n) is 16.8. The Labute approximate surface area is 339 Å². The Morgan fingerprint density at radius 1 is 0.845 bits per heavy atom. The second-order valence-corrected chi connectivity index (χ2v) is 18.7. The van der Waals surface area contributed by atoms with Crippen LogP contribution >= 0.6 is 0 Å². The number of hydrogen-bond donors (Lipinski definition) is 3. The number of sulfonamides is 1. The van der Waals surface area contributed by atoms with Crippen LogP contribution < -0.4 is 20.7 Å². The average molecular weight is 804 g/mol. The molecule has 1 spiro atoms. The zero-order chi connectivity index (χ0) is 41.0. The highest BCUT2D eigenvalue weighted by Crippen LogP contribution is 2.70. The first kappa shape index (κ1) is 39.2. The summed E-state index contributed by atoms with van der Waals surface area (Å²) in [6.07, 6.45) is 2.48. The minimum absolute atomic E-state index is 0.0161. The summed E-state index contributed by atoms with van der Waals surface area (Å²) >= 11 is 0. The molecule has 0 aromatic heterocycles. The molecular weight excluding hydrogens is 755 g/mol. The van der Waals surface area contributed by atoms with Crippen LogP contribution in [0.5, 0.6) is 5.75 Å². The topological polar surface area (TPSA) is 154 Å². The fourth-order valence-corrected chi connectivity index (χ4v) is 12.8. The smallest absolute Gasteiger partial charge is 0.323 e. The quantitative estimate of drug-likeness (QED) is 0.164. The van der Waals surface area contributed by atoms with Crippen molar-refractivity contribution in [2.24, 2.45) is 22.7 Å². The Morgan fingerprint density at radius 3 is 2.26 bits per heavy atom. The molecule has 3 N–H and O–H groups in total. The predicted molar refractivity (Wildman–Crippen MR) is 222 cm³/mol. The van der Waals surface area contributed by atoms with E-state index in [2.05, 4.69) is 29.8 Å². The van der Waals surface area contributed by atoms with Gasteiger partial charge in [0.05, 0.1) is 36.9 Å². The van der Waals surface area contributed by atoms with Gasteiger partial charge in [-0.2, -0.15) is 0 Å². The summed E-state index contributed by atoms with van der Waals surface area (Å²) in [7, 11) is -2.37. The van der Waals surface area contributed by atoms with E-state index in [9.17, 15) is 27.6 Å². The molecule has 5 atom stereocenters. The van der Waals surface area contributed by atoms with Crippen LogP contribution in [-0.2, 0) is 26.0 Å². The molecule has 4 aliphatic rings. The number of hydrogen-bond acceptors (Lipinski definition) is 7. The van der Waals surface area contributed by atoms with Gasteiger partial charge in [-0.05, 0) is 96.7 Å². The number of anilines is 3. The standard InChI is InChI=1S/C45H49N5O7S/c1-28-10-8-9-13-36(28)47-43(54)48-37-19-14-29(22-38(37)57-4)23-40(51)46-33-17-15-30(16-18-33)34-25-49(41(52)31-11-6-5-7-12-31)26-35(34)42(53)50-39-24-32-20-21-45(39,44(32,2)3)27-58(50,55)56/h5-19,22,32,34-35,39H,20-21,23-27H2,1-4H3,(H,46,51)(H2,47,48,54). The first-order chi connectivity index (χ1) is 27.7. The van der Waals surface area contributed by atoms with Gasteiger partial charge in [-0.3, -0.25) is 14.4 Å². The minimum atomic E-state index is -3.86. The summed E-state index contributed by atoms with van der Waals surface area (Å²) in [4.78, 5) is 56.0. The number of fused-ring (bicyclic) bond motifs is 1. The summed E-state index contributed by atoms with van der Waals surface area (Å²) in [5.41, 5.74) is 3.91.